The van der Waals surface area contributed by atoms with Crippen LogP contribution in [0.5, 0.6) is 0 Å². The molecular formula is C20H30O6. The van der Waals surface area contributed by atoms with E-state index >= 15 is 0 Å². The zero-order valence-electron chi connectivity index (χ0n) is 16.0. The molecule has 26 heavy (non-hydrogen) atoms. The summed E-state index contributed by atoms with van der Waals surface area (Å²) in [6, 6.07) is 0. The molecule has 2 saturated carbocycles. The molecule has 1 heterocycles. The van der Waals surface area contributed by atoms with Gasteiger partial charge in [-0.3, -0.25) is 4.79 Å². The summed E-state index contributed by atoms with van der Waals surface area (Å²) in [7, 11) is 0. The average molecular weight is 366 g/mol. The molecule has 6 heteroatoms. The molecule has 1 aliphatic heterocycles. The third-order valence-corrected chi connectivity index (χ3v) is 7.07. The fourth-order valence-corrected chi connectivity index (χ4v) is 5.36. The summed E-state index contributed by atoms with van der Waals surface area (Å²) in [5.41, 5.74) is -0.594. The van der Waals surface area contributed by atoms with E-state index in [-0.39, 0.29) is 29.3 Å². The summed E-state index contributed by atoms with van der Waals surface area (Å²) >= 11 is 0. The van der Waals surface area contributed by atoms with E-state index in [1.165, 1.54) is 0 Å². The minimum Gasteiger partial charge on any atom is -0.461 e. The number of ether oxygens (including phenoxy) is 2. The Morgan fingerprint density at radius 3 is 2.69 bits per heavy atom. The Labute approximate surface area is 154 Å². The Morgan fingerprint density at radius 2 is 2.08 bits per heavy atom. The smallest absolute Gasteiger partial charge is 0.334 e. The molecule has 0 radical (unpaired) electrons. The zero-order chi connectivity index (χ0) is 19.4. The fourth-order valence-electron chi connectivity index (χ4n) is 5.36. The predicted octanol–water partition coefficient (Wildman–Crippen LogP) is 1.83. The van der Waals surface area contributed by atoms with Gasteiger partial charge >= 0.3 is 11.9 Å². The molecule has 0 aromatic heterocycles. The molecule has 6 nitrogen and oxygen atoms in total. The Morgan fingerprint density at radius 1 is 1.42 bits per heavy atom. The zero-order valence-corrected chi connectivity index (χ0v) is 16.0. The van der Waals surface area contributed by atoms with Gasteiger partial charge in [0.15, 0.2) is 0 Å². The Kier molecular flexibility index (Phi) is 4.95. The van der Waals surface area contributed by atoms with Gasteiger partial charge in [0, 0.05) is 17.4 Å². The maximum absolute atomic E-state index is 12.4. The highest BCUT2D eigenvalue weighted by Crippen LogP contribution is 2.57. The monoisotopic (exact) mass is 366 g/mol. The lowest BCUT2D eigenvalue weighted by Crippen LogP contribution is -2.50. The highest BCUT2D eigenvalue weighted by molar-refractivity contribution is 5.91. The number of esters is 2. The predicted molar refractivity (Wildman–Crippen MR) is 93.9 cm³/mol. The molecule has 146 valence electrons. The third kappa shape index (κ3) is 2.69. The lowest BCUT2D eigenvalue weighted by molar-refractivity contribution is -0.168. The molecule has 0 amide bonds. The molecule has 1 saturated heterocycles. The summed E-state index contributed by atoms with van der Waals surface area (Å²) in [4.78, 5) is 24.4. The first kappa shape index (κ1) is 19.4. The topological polar surface area (TPSA) is 93.1 Å². The minimum atomic E-state index is -0.978. The number of rotatable bonds is 3. The van der Waals surface area contributed by atoms with Crippen LogP contribution in [0.15, 0.2) is 12.2 Å². The van der Waals surface area contributed by atoms with Crippen molar-refractivity contribution in [1.29, 1.82) is 0 Å². The Balaban J connectivity index is 1.97. The largest absolute Gasteiger partial charge is 0.461 e. The van der Waals surface area contributed by atoms with Crippen LogP contribution in [-0.2, 0) is 19.1 Å². The first-order valence-electron chi connectivity index (χ1n) is 9.59. The van der Waals surface area contributed by atoms with Crippen LogP contribution in [0.3, 0.4) is 0 Å². The van der Waals surface area contributed by atoms with Crippen LogP contribution >= 0.6 is 0 Å². The summed E-state index contributed by atoms with van der Waals surface area (Å²) in [5.74, 6) is -1.80. The number of fused-ring (bicyclic) bond motifs is 2. The molecule has 0 bridgehead atoms. The first-order chi connectivity index (χ1) is 12.1. The minimum absolute atomic E-state index is 0.00523. The van der Waals surface area contributed by atoms with Crippen molar-refractivity contribution in [3.63, 3.8) is 0 Å². The number of aliphatic hydroxyl groups is 2. The van der Waals surface area contributed by atoms with Crippen LogP contribution in [0.4, 0.5) is 0 Å². The van der Waals surface area contributed by atoms with Gasteiger partial charge in [-0.05, 0) is 24.7 Å². The van der Waals surface area contributed by atoms with Crippen LogP contribution in [0.25, 0.3) is 0 Å². The van der Waals surface area contributed by atoms with E-state index in [9.17, 15) is 19.8 Å². The van der Waals surface area contributed by atoms with E-state index in [0.717, 1.165) is 0 Å². The van der Waals surface area contributed by atoms with Gasteiger partial charge in [0.1, 0.15) is 12.2 Å². The number of hydrogen-bond acceptors (Lipinski definition) is 6. The second-order valence-corrected chi connectivity index (χ2v) is 8.58. The molecule has 0 spiro atoms. The van der Waals surface area contributed by atoms with Crippen LogP contribution < -0.4 is 0 Å². The van der Waals surface area contributed by atoms with Crippen LogP contribution in [0, 0.1) is 29.1 Å². The molecule has 2 aliphatic carbocycles. The highest BCUT2D eigenvalue weighted by Gasteiger charge is 2.65. The molecule has 0 aromatic rings. The van der Waals surface area contributed by atoms with Gasteiger partial charge in [0.05, 0.1) is 24.0 Å². The van der Waals surface area contributed by atoms with E-state index in [0.29, 0.717) is 19.3 Å². The van der Waals surface area contributed by atoms with E-state index in [2.05, 4.69) is 6.58 Å². The van der Waals surface area contributed by atoms with Gasteiger partial charge in [0.25, 0.3) is 0 Å². The molecule has 0 unspecified atom stereocenters. The van der Waals surface area contributed by atoms with Crippen molar-refractivity contribution in [2.24, 2.45) is 29.1 Å². The fraction of sp³-hybridized carbons (Fsp3) is 0.800. The second-order valence-electron chi connectivity index (χ2n) is 8.58. The van der Waals surface area contributed by atoms with E-state index in [1.807, 2.05) is 20.8 Å². The van der Waals surface area contributed by atoms with Crippen molar-refractivity contribution in [3.05, 3.63) is 12.2 Å². The normalized spacial score (nSPS) is 46.2. The Hall–Kier alpha value is -1.40. The summed E-state index contributed by atoms with van der Waals surface area (Å²) in [6.07, 6.45) is -1.20. The molecular weight excluding hydrogens is 336 g/mol. The number of carbonyl (C=O) groups excluding carboxylic acids is 2. The second kappa shape index (κ2) is 6.64. The van der Waals surface area contributed by atoms with Gasteiger partial charge in [-0.2, -0.15) is 0 Å². The SMILES string of the molecule is C=C1C(=O)O[C@@H]2C[C@@H](C)[C@@H]3[C@@H](O)C[C@@H](OC(=O)[C@H](C)CC)[C@@]3(C)[C@@H](O)[C@H]12. The molecule has 9 atom stereocenters. The number of aliphatic hydroxyl groups excluding tert-OH is 2. The quantitative estimate of drug-likeness (QED) is 0.585. The van der Waals surface area contributed by atoms with Gasteiger partial charge in [0.2, 0.25) is 0 Å². The van der Waals surface area contributed by atoms with E-state index in [1.54, 1.807) is 6.92 Å². The number of hydrogen-bond donors (Lipinski definition) is 2. The molecule has 3 rings (SSSR count). The summed E-state index contributed by atoms with van der Waals surface area (Å²) in [5, 5.41) is 22.0. The standard InChI is InChI=1S/C20H30O6/c1-6-9(2)18(23)26-14-8-12(21)16-10(3)7-13-15(11(4)19(24)25-13)17(22)20(14,16)5/h9-10,12-17,21-22H,4,6-8H2,1-3,5H3/t9-,10-,12+,13-,14-,15-,16-,17+,20-/m1/s1. The van der Waals surface area contributed by atoms with Crippen molar-refractivity contribution in [2.75, 3.05) is 0 Å². The molecule has 3 fully saturated rings. The lowest BCUT2D eigenvalue weighted by atomic mass is 9.67. The van der Waals surface area contributed by atoms with Crippen molar-refractivity contribution in [1.82, 2.24) is 0 Å². The number of carbonyl (C=O) groups is 2. The molecule has 3 aliphatic rings. The molecule has 2 N–H and O–H groups in total. The van der Waals surface area contributed by atoms with Gasteiger partial charge < -0.3 is 19.7 Å². The van der Waals surface area contributed by atoms with Crippen LogP contribution in [-0.4, -0.2) is 46.6 Å². The summed E-state index contributed by atoms with van der Waals surface area (Å²) in [6.45, 7) is 11.4. The maximum atomic E-state index is 12.4. The first-order valence-corrected chi connectivity index (χ1v) is 9.59. The third-order valence-electron chi connectivity index (χ3n) is 7.07. The van der Waals surface area contributed by atoms with E-state index in [4.69, 9.17) is 9.47 Å². The maximum Gasteiger partial charge on any atom is 0.334 e. The van der Waals surface area contributed by atoms with Gasteiger partial charge in [-0.1, -0.05) is 34.3 Å². The Bertz CT molecular complexity index is 615. The van der Waals surface area contributed by atoms with Gasteiger partial charge in [-0.25, -0.2) is 4.79 Å². The van der Waals surface area contributed by atoms with Crippen molar-refractivity contribution in [2.45, 2.75) is 71.4 Å². The van der Waals surface area contributed by atoms with Crippen molar-refractivity contribution < 1.29 is 29.3 Å². The van der Waals surface area contributed by atoms with Gasteiger partial charge in [-0.15, -0.1) is 0 Å². The lowest BCUT2D eigenvalue weighted by Gasteiger charge is -2.42. The van der Waals surface area contributed by atoms with Crippen molar-refractivity contribution >= 4 is 11.9 Å². The highest BCUT2D eigenvalue weighted by atomic mass is 16.6. The average Bonchev–Trinajstić information content (AvgIpc) is 2.96. The van der Waals surface area contributed by atoms with Crippen molar-refractivity contribution in [3.8, 4) is 0 Å². The van der Waals surface area contributed by atoms with Crippen LogP contribution in [0.2, 0.25) is 0 Å². The van der Waals surface area contributed by atoms with Crippen LogP contribution in [0.1, 0.15) is 47.0 Å². The summed E-state index contributed by atoms with van der Waals surface area (Å²) < 4.78 is 11.2. The molecule has 0 aromatic carbocycles. The van der Waals surface area contributed by atoms with E-state index < -0.39 is 41.7 Å².